The van der Waals surface area contributed by atoms with Gasteiger partial charge in [0.25, 0.3) is 0 Å². The van der Waals surface area contributed by atoms with E-state index in [0.29, 0.717) is 54.7 Å². The molecule has 2 amide bonds. The highest BCUT2D eigenvalue weighted by molar-refractivity contribution is 7.90. The van der Waals surface area contributed by atoms with E-state index < -0.39 is 22.2 Å². The van der Waals surface area contributed by atoms with Crippen LogP contribution in [0.1, 0.15) is 51.6 Å². The zero-order valence-corrected chi connectivity index (χ0v) is 23.3. The third-order valence-electron chi connectivity index (χ3n) is 6.67. The Morgan fingerprint density at radius 2 is 1.83 bits per heavy atom. The first kappa shape index (κ1) is 28.9. The number of rotatable bonds is 8. The number of nitrogens with one attached hydrogen (secondary N) is 1. The third kappa shape index (κ3) is 7.01. The Balaban J connectivity index is 1.80. The first-order chi connectivity index (χ1) is 16.9. The Labute approximate surface area is 226 Å². The van der Waals surface area contributed by atoms with E-state index in [4.69, 9.17) is 27.9 Å². The van der Waals surface area contributed by atoms with Gasteiger partial charge in [-0.25, -0.2) is 4.79 Å². The minimum atomic E-state index is -1.37. The lowest BCUT2D eigenvalue weighted by Gasteiger charge is -2.38. The van der Waals surface area contributed by atoms with Gasteiger partial charge in [-0.2, -0.15) is 0 Å². The average Bonchev–Trinajstić information content (AvgIpc) is 3.33. The fourth-order valence-corrected chi connectivity index (χ4v) is 5.84. The van der Waals surface area contributed by atoms with Crippen LogP contribution in [-0.4, -0.2) is 69.0 Å². The lowest BCUT2D eigenvalue weighted by atomic mass is 9.85. The van der Waals surface area contributed by atoms with Crippen LogP contribution in [0.3, 0.4) is 0 Å². The monoisotopic (exact) mass is 559 g/mol. The molecule has 200 valence electrons. The molecular weight excluding hydrogens is 525 g/mol. The summed E-state index contributed by atoms with van der Waals surface area (Å²) in [6, 6.07) is 3.09. The Kier molecular flexibility index (Phi) is 9.85. The molecule has 0 saturated carbocycles. The number of hydrogen-bond acceptors (Lipinski definition) is 5. The first-order valence-electron chi connectivity index (χ1n) is 12.1. The minimum absolute atomic E-state index is 0.00419. The molecule has 2 fully saturated rings. The van der Waals surface area contributed by atoms with Gasteiger partial charge in [-0.1, -0.05) is 35.9 Å². The van der Waals surface area contributed by atoms with Gasteiger partial charge in [0, 0.05) is 49.2 Å². The van der Waals surface area contributed by atoms with E-state index in [2.05, 4.69) is 11.3 Å². The molecule has 2 aliphatic heterocycles. The van der Waals surface area contributed by atoms with Crippen molar-refractivity contribution in [2.45, 2.75) is 50.8 Å². The third-order valence-corrected chi connectivity index (χ3v) is 8.97. The molecule has 2 aliphatic rings. The van der Waals surface area contributed by atoms with Crippen molar-refractivity contribution < 1.29 is 24.0 Å². The SMILES string of the molecule is C=CCOc1cc(Cl)c(Cl)cc1C(N[S+]([O-])C(C)(C)C)C1CCN(C(=O)[C@H]2CCN(C(=O)O)C2)CC1. The van der Waals surface area contributed by atoms with Gasteiger partial charge in [0.15, 0.2) is 0 Å². The Hall–Kier alpha value is -1.65. The van der Waals surface area contributed by atoms with Gasteiger partial charge in [-0.15, -0.1) is 4.72 Å². The summed E-state index contributed by atoms with van der Waals surface area (Å²) in [6.45, 7) is 11.4. The zero-order chi connectivity index (χ0) is 26.6. The molecule has 3 atom stereocenters. The zero-order valence-electron chi connectivity index (χ0n) is 21.0. The highest BCUT2D eigenvalue weighted by Crippen LogP contribution is 2.41. The van der Waals surface area contributed by atoms with Crippen LogP contribution >= 0.6 is 23.2 Å². The van der Waals surface area contributed by atoms with E-state index in [0.717, 1.165) is 5.56 Å². The summed E-state index contributed by atoms with van der Waals surface area (Å²) in [5.41, 5.74) is 0.765. The summed E-state index contributed by atoms with van der Waals surface area (Å²) in [6.07, 6.45) is 2.57. The van der Waals surface area contributed by atoms with Gasteiger partial charge in [0.1, 0.15) is 17.1 Å². The molecule has 1 aromatic rings. The summed E-state index contributed by atoms with van der Waals surface area (Å²) >= 11 is 11.3. The topological polar surface area (TPSA) is 105 Å². The van der Waals surface area contributed by atoms with Gasteiger partial charge >= 0.3 is 6.09 Å². The molecule has 11 heteroatoms. The minimum Gasteiger partial charge on any atom is -0.598 e. The summed E-state index contributed by atoms with van der Waals surface area (Å²) in [5.74, 6) is 0.312. The smallest absolute Gasteiger partial charge is 0.407 e. The number of likely N-dealkylation sites (tertiary alicyclic amines) is 2. The molecule has 36 heavy (non-hydrogen) atoms. The average molecular weight is 561 g/mol. The molecule has 8 nitrogen and oxygen atoms in total. The number of carboxylic acid groups (broad SMARTS) is 1. The van der Waals surface area contributed by atoms with Crippen molar-refractivity contribution in [1.29, 1.82) is 0 Å². The van der Waals surface area contributed by atoms with E-state index in [-0.39, 0.29) is 36.9 Å². The second kappa shape index (κ2) is 12.3. The van der Waals surface area contributed by atoms with Crippen LogP contribution in [-0.2, 0) is 16.2 Å². The largest absolute Gasteiger partial charge is 0.598 e. The van der Waals surface area contributed by atoms with Crippen LogP contribution in [0.25, 0.3) is 0 Å². The van der Waals surface area contributed by atoms with E-state index in [1.165, 1.54) is 4.90 Å². The van der Waals surface area contributed by atoms with Gasteiger partial charge in [0.05, 0.1) is 22.0 Å². The van der Waals surface area contributed by atoms with E-state index in [1.54, 1.807) is 18.2 Å². The number of halogens is 2. The van der Waals surface area contributed by atoms with E-state index in [9.17, 15) is 19.2 Å². The lowest BCUT2D eigenvalue weighted by Crippen LogP contribution is -2.47. The summed E-state index contributed by atoms with van der Waals surface area (Å²) in [5, 5.41) is 9.95. The van der Waals surface area contributed by atoms with Crippen LogP contribution in [0, 0.1) is 11.8 Å². The highest BCUT2D eigenvalue weighted by atomic mass is 35.5. The number of ether oxygens (including phenoxy) is 1. The van der Waals surface area contributed by atoms with Crippen LogP contribution < -0.4 is 9.46 Å². The van der Waals surface area contributed by atoms with Crippen molar-refractivity contribution in [2.24, 2.45) is 11.8 Å². The second-order valence-electron chi connectivity index (χ2n) is 10.3. The van der Waals surface area contributed by atoms with Crippen molar-refractivity contribution in [3.05, 3.63) is 40.4 Å². The molecule has 2 unspecified atom stereocenters. The summed E-state index contributed by atoms with van der Waals surface area (Å²) in [7, 11) is 0. The molecule has 0 radical (unpaired) electrons. The van der Waals surface area contributed by atoms with Crippen molar-refractivity contribution in [3.8, 4) is 5.75 Å². The number of carbonyl (C=O) groups excluding carboxylic acids is 1. The molecule has 0 aliphatic carbocycles. The van der Waals surface area contributed by atoms with E-state index in [1.807, 2.05) is 25.7 Å². The predicted octanol–water partition coefficient (Wildman–Crippen LogP) is 4.89. The predicted molar refractivity (Wildman–Crippen MR) is 143 cm³/mol. The maximum Gasteiger partial charge on any atom is 0.407 e. The second-order valence-corrected chi connectivity index (χ2v) is 13.1. The summed E-state index contributed by atoms with van der Waals surface area (Å²) < 4.78 is 21.9. The Morgan fingerprint density at radius 1 is 1.22 bits per heavy atom. The summed E-state index contributed by atoms with van der Waals surface area (Å²) in [4.78, 5) is 27.4. The highest BCUT2D eigenvalue weighted by Gasteiger charge is 2.39. The standard InChI is InChI=1S/C25H35Cl2N3O5S/c1-5-12-35-21-14-20(27)19(26)13-18(21)22(28-36(34)25(2,3)4)16-6-9-29(10-7-16)23(31)17-8-11-30(15-17)24(32)33/h5,13-14,16-17,22,28H,1,6-12,15H2,2-4H3,(H,32,33)/t17-,22?,36?/m0/s1. The number of carbonyl (C=O) groups is 2. The number of piperidine rings is 1. The fourth-order valence-electron chi connectivity index (χ4n) is 4.61. The Morgan fingerprint density at radius 3 is 2.39 bits per heavy atom. The molecule has 2 N–H and O–H groups in total. The molecule has 2 heterocycles. The molecule has 0 aromatic heterocycles. The van der Waals surface area contributed by atoms with Crippen LogP contribution in [0.5, 0.6) is 5.75 Å². The van der Waals surface area contributed by atoms with Crippen LogP contribution in [0.15, 0.2) is 24.8 Å². The fraction of sp³-hybridized carbons (Fsp3) is 0.600. The first-order valence-corrected chi connectivity index (χ1v) is 14.0. The van der Waals surface area contributed by atoms with Gasteiger partial charge in [0.2, 0.25) is 5.91 Å². The molecule has 0 bridgehead atoms. The maximum atomic E-state index is 13.2. The Bertz CT molecular complexity index is 966. The number of nitrogens with zero attached hydrogens (tertiary/aromatic N) is 2. The van der Waals surface area contributed by atoms with Crippen LogP contribution in [0.4, 0.5) is 4.79 Å². The number of amides is 2. The lowest BCUT2D eigenvalue weighted by molar-refractivity contribution is -0.136. The van der Waals surface area contributed by atoms with Crippen LogP contribution in [0.2, 0.25) is 10.0 Å². The normalized spacial score (nSPS) is 20.8. The molecule has 0 spiro atoms. The number of benzene rings is 1. The van der Waals surface area contributed by atoms with Crippen molar-refractivity contribution in [1.82, 2.24) is 14.5 Å². The maximum absolute atomic E-state index is 13.2. The van der Waals surface area contributed by atoms with E-state index >= 15 is 0 Å². The van der Waals surface area contributed by atoms with Crippen molar-refractivity contribution in [3.63, 3.8) is 0 Å². The van der Waals surface area contributed by atoms with Crippen molar-refractivity contribution >= 4 is 46.6 Å². The molecule has 1 aromatic carbocycles. The molecule has 2 saturated heterocycles. The quantitative estimate of drug-likeness (QED) is 0.347. The van der Waals surface area contributed by atoms with Gasteiger partial charge in [-0.3, -0.25) is 4.79 Å². The molecule has 3 rings (SSSR count). The number of hydrogen-bond donors (Lipinski definition) is 2. The molecular formula is C25H35Cl2N3O5S. The van der Waals surface area contributed by atoms with Gasteiger partial charge in [-0.05, 0) is 52.0 Å². The van der Waals surface area contributed by atoms with Crippen molar-refractivity contribution in [2.75, 3.05) is 32.8 Å². The van der Waals surface area contributed by atoms with Gasteiger partial charge < -0.3 is 24.2 Å².